The van der Waals surface area contributed by atoms with Crippen molar-refractivity contribution in [2.75, 3.05) is 5.32 Å². The maximum absolute atomic E-state index is 12.5. The summed E-state index contributed by atoms with van der Waals surface area (Å²) in [7, 11) is 0. The number of alkyl halides is 3. The molecule has 0 saturated heterocycles. The molecule has 1 saturated carbocycles. The van der Waals surface area contributed by atoms with Gasteiger partial charge in [-0.1, -0.05) is 19.3 Å². The minimum atomic E-state index is -4.21. The van der Waals surface area contributed by atoms with Crippen LogP contribution in [0.15, 0.2) is 12.4 Å². The van der Waals surface area contributed by atoms with Gasteiger partial charge in [-0.25, -0.2) is 9.97 Å². The van der Waals surface area contributed by atoms with E-state index in [0.717, 1.165) is 35.0 Å². The summed E-state index contributed by atoms with van der Waals surface area (Å²) >= 11 is 0. The molecule has 7 heteroatoms. The minimum absolute atomic E-state index is 0.243. The Kier molecular flexibility index (Phi) is 5.11. The van der Waals surface area contributed by atoms with Gasteiger partial charge in [-0.05, 0) is 32.6 Å². The van der Waals surface area contributed by atoms with Crippen molar-refractivity contribution in [1.29, 1.82) is 0 Å². The Labute approximate surface area is 145 Å². The van der Waals surface area contributed by atoms with Crippen LogP contribution >= 0.6 is 0 Å². The lowest BCUT2D eigenvalue weighted by atomic mass is 9.84. The van der Waals surface area contributed by atoms with E-state index in [-0.39, 0.29) is 5.95 Å². The summed E-state index contributed by atoms with van der Waals surface area (Å²) in [4.78, 5) is 13.2. The Morgan fingerprint density at radius 2 is 1.88 bits per heavy atom. The third kappa shape index (κ3) is 4.38. The highest BCUT2D eigenvalue weighted by Gasteiger charge is 2.30. The fraction of sp³-hybridized carbons (Fsp3) is 0.611. The molecule has 0 bridgehead atoms. The third-order valence-electron chi connectivity index (χ3n) is 4.81. The summed E-state index contributed by atoms with van der Waals surface area (Å²) in [6.45, 7) is 3.39. The molecule has 2 aromatic heterocycles. The summed E-state index contributed by atoms with van der Waals surface area (Å²) < 4.78 is 37.6. The Bertz CT molecular complexity index is 739. The van der Waals surface area contributed by atoms with Crippen LogP contribution in [0.25, 0.3) is 10.9 Å². The number of anilines is 1. The maximum atomic E-state index is 12.5. The molecule has 0 aromatic carbocycles. The summed E-state index contributed by atoms with van der Waals surface area (Å²) in [6, 6.07) is -0.779. The molecule has 0 spiro atoms. The van der Waals surface area contributed by atoms with Crippen LogP contribution in [0.3, 0.4) is 0 Å². The molecule has 1 unspecified atom stereocenters. The van der Waals surface area contributed by atoms with Crippen molar-refractivity contribution >= 4 is 16.9 Å². The van der Waals surface area contributed by atoms with Gasteiger partial charge >= 0.3 is 6.18 Å². The van der Waals surface area contributed by atoms with Crippen LogP contribution in [-0.4, -0.2) is 27.2 Å². The lowest BCUT2D eigenvalue weighted by molar-refractivity contribution is -0.136. The van der Waals surface area contributed by atoms with Gasteiger partial charge in [0.15, 0.2) is 0 Å². The van der Waals surface area contributed by atoms with Crippen LogP contribution in [0.1, 0.15) is 62.6 Å². The van der Waals surface area contributed by atoms with Gasteiger partial charge in [-0.15, -0.1) is 0 Å². The van der Waals surface area contributed by atoms with Crippen molar-refractivity contribution < 1.29 is 13.2 Å². The summed E-state index contributed by atoms with van der Waals surface area (Å²) in [6.07, 6.45) is 4.27. The Balaban J connectivity index is 1.92. The van der Waals surface area contributed by atoms with Crippen molar-refractivity contribution in [3.8, 4) is 0 Å². The van der Waals surface area contributed by atoms with Crippen molar-refractivity contribution in [1.82, 2.24) is 15.0 Å². The predicted octanol–water partition coefficient (Wildman–Crippen LogP) is 5.13. The molecule has 25 heavy (non-hydrogen) atoms. The monoisotopic (exact) mass is 352 g/mol. The number of hydrogen-bond donors (Lipinski definition) is 1. The van der Waals surface area contributed by atoms with Crippen LogP contribution in [0.2, 0.25) is 0 Å². The number of halogens is 3. The second-order valence-electron chi connectivity index (χ2n) is 6.95. The number of hydrogen-bond acceptors (Lipinski definition) is 4. The predicted molar refractivity (Wildman–Crippen MR) is 91.7 cm³/mol. The third-order valence-corrected chi connectivity index (χ3v) is 4.81. The fourth-order valence-corrected chi connectivity index (χ4v) is 3.56. The lowest BCUT2D eigenvalue weighted by Crippen LogP contribution is -2.24. The van der Waals surface area contributed by atoms with Crippen molar-refractivity contribution in [2.24, 2.45) is 0 Å². The average molecular weight is 352 g/mol. The number of nitrogens with one attached hydrogen (secondary N) is 1. The van der Waals surface area contributed by atoms with Crippen LogP contribution in [0, 0.1) is 6.92 Å². The zero-order chi connectivity index (χ0) is 18.0. The molecule has 0 amide bonds. The van der Waals surface area contributed by atoms with Gasteiger partial charge in [0.2, 0.25) is 5.95 Å². The van der Waals surface area contributed by atoms with E-state index in [4.69, 9.17) is 0 Å². The van der Waals surface area contributed by atoms with E-state index in [1.165, 1.54) is 26.2 Å². The highest BCUT2D eigenvalue weighted by atomic mass is 19.4. The van der Waals surface area contributed by atoms with Crippen molar-refractivity contribution in [2.45, 2.75) is 70.5 Å². The van der Waals surface area contributed by atoms with Crippen LogP contribution in [0.5, 0.6) is 0 Å². The van der Waals surface area contributed by atoms with Crippen LogP contribution < -0.4 is 5.32 Å². The molecule has 136 valence electrons. The van der Waals surface area contributed by atoms with E-state index < -0.39 is 18.6 Å². The average Bonchev–Trinajstić information content (AvgIpc) is 2.54. The zero-order valence-corrected chi connectivity index (χ0v) is 14.5. The number of nitrogens with zero attached hydrogens (tertiary/aromatic N) is 3. The topological polar surface area (TPSA) is 50.7 Å². The minimum Gasteiger partial charge on any atom is -0.351 e. The van der Waals surface area contributed by atoms with Crippen LogP contribution in [0.4, 0.5) is 19.1 Å². The first-order valence-corrected chi connectivity index (χ1v) is 8.79. The lowest BCUT2D eigenvalue weighted by Gasteiger charge is -2.23. The molecule has 3 rings (SSSR count). The van der Waals surface area contributed by atoms with E-state index >= 15 is 0 Å². The number of pyridine rings is 1. The van der Waals surface area contributed by atoms with Gasteiger partial charge in [0.25, 0.3) is 0 Å². The van der Waals surface area contributed by atoms with Crippen molar-refractivity contribution in [3.05, 3.63) is 23.7 Å². The highest BCUT2D eigenvalue weighted by molar-refractivity contribution is 5.84. The molecule has 2 aromatic rings. The van der Waals surface area contributed by atoms with Gasteiger partial charge < -0.3 is 5.32 Å². The standard InChI is InChI=1S/C18H23F3N4/c1-11(8-18(19,20)21)24-17-23-9-14-12(2)22-10-15(16(14)25-17)13-6-4-3-5-7-13/h9-11,13H,3-8H2,1-2H3,(H,23,24,25). The molecule has 4 nitrogen and oxygen atoms in total. The largest absolute Gasteiger partial charge is 0.391 e. The molecular weight excluding hydrogens is 329 g/mol. The zero-order valence-electron chi connectivity index (χ0n) is 14.5. The highest BCUT2D eigenvalue weighted by Crippen LogP contribution is 2.36. The Morgan fingerprint density at radius 1 is 1.16 bits per heavy atom. The number of aromatic nitrogens is 3. The smallest absolute Gasteiger partial charge is 0.351 e. The molecule has 1 N–H and O–H groups in total. The first kappa shape index (κ1) is 17.9. The second kappa shape index (κ2) is 7.14. The molecule has 1 fully saturated rings. The molecular formula is C18H23F3N4. The first-order chi connectivity index (χ1) is 11.8. The number of fused-ring (bicyclic) bond motifs is 1. The normalized spacial score (nSPS) is 17.6. The second-order valence-corrected chi connectivity index (χ2v) is 6.95. The van der Waals surface area contributed by atoms with Crippen LogP contribution in [-0.2, 0) is 0 Å². The summed E-state index contributed by atoms with van der Waals surface area (Å²) in [5.41, 5.74) is 2.75. The van der Waals surface area contributed by atoms with Gasteiger partial charge in [-0.3, -0.25) is 4.98 Å². The SMILES string of the molecule is Cc1ncc(C2CCCCC2)c2nc(NC(C)CC(F)(F)F)ncc12. The van der Waals surface area contributed by atoms with Gasteiger partial charge in [0.1, 0.15) is 0 Å². The van der Waals surface area contributed by atoms with Gasteiger partial charge in [-0.2, -0.15) is 13.2 Å². The molecule has 0 aliphatic heterocycles. The summed E-state index contributed by atoms with van der Waals surface area (Å²) in [5, 5.41) is 3.65. The van der Waals surface area contributed by atoms with E-state index in [9.17, 15) is 13.2 Å². The summed E-state index contributed by atoms with van der Waals surface area (Å²) in [5.74, 6) is 0.659. The number of rotatable bonds is 4. The Morgan fingerprint density at radius 3 is 2.56 bits per heavy atom. The molecule has 1 atom stereocenters. The van der Waals surface area contributed by atoms with Gasteiger partial charge in [0.05, 0.1) is 11.9 Å². The molecule has 2 heterocycles. The Hall–Kier alpha value is -1.92. The quantitative estimate of drug-likeness (QED) is 0.828. The van der Waals surface area contributed by atoms with Crippen molar-refractivity contribution in [3.63, 3.8) is 0 Å². The maximum Gasteiger partial charge on any atom is 0.391 e. The molecule has 1 aliphatic rings. The first-order valence-electron chi connectivity index (χ1n) is 8.79. The van der Waals surface area contributed by atoms with E-state index in [1.54, 1.807) is 6.20 Å². The number of aryl methyl sites for hydroxylation is 1. The molecule has 0 radical (unpaired) electrons. The van der Waals surface area contributed by atoms with E-state index in [0.29, 0.717) is 5.92 Å². The van der Waals surface area contributed by atoms with E-state index in [1.807, 2.05) is 13.1 Å². The van der Waals surface area contributed by atoms with Gasteiger partial charge in [0, 0.05) is 35.1 Å². The molecule has 1 aliphatic carbocycles. The van der Waals surface area contributed by atoms with E-state index in [2.05, 4.69) is 20.3 Å². The fourth-order valence-electron chi connectivity index (χ4n) is 3.56.